The molecule has 0 bridgehead atoms. The van der Waals surface area contributed by atoms with Crippen LogP contribution in [0, 0.1) is 20.8 Å². The van der Waals surface area contributed by atoms with E-state index < -0.39 is 6.04 Å². The molecule has 5 nitrogen and oxygen atoms in total. The van der Waals surface area contributed by atoms with E-state index in [2.05, 4.69) is 10.3 Å². The first-order valence-corrected chi connectivity index (χ1v) is 12.5. The maximum atomic E-state index is 14.1. The second kappa shape index (κ2) is 10.3. The summed E-state index contributed by atoms with van der Waals surface area (Å²) in [5.41, 5.74) is 3.17. The van der Waals surface area contributed by atoms with Gasteiger partial charge in [-0.2, -0.15) is 0 Å². The Labute approximate surface area is 199 Å². The molecule has 172 valence electrons. The molecule has 0 radical (unpaired) electrons. The van der Waals surface area contributed by atoms with Crippen LogP contribution in [-0.4, -0.2) is 22.8 Å². The van der Waals surface area contributed by atoms with Crippen LogP contribution in [0.5, 0.6) is 0 Å². The molecule has 1 N–H and O–H groups in total. The minimum absolute atomic E-state index is 0.136. The molecule has 1 fully saturated rings. The molecule has 4 rings (SSSR count). The summed E-state index contributed by atoms with van der Waals surface area (Å²) in [6.45, 7) is 5.73. The van der Waals surface area contributed by atoms with Crippen LogP contribution in [0.15, 0.2) is 54.6 Å². The molecule has 6 heteroatoms. The van der Waals surface area contributed by atoms with Gasteiger partial charge in [0, 0.05) is 11.7 Å². The number of aryl methyl sites for hydroxylation is 3. The molecular formula is C27H31N3O2S. The zero-order valence-electron chi connectivity index (χ0n) is 19.5. The Hall–Kier alpha value is -2.99. The summed E-state index contributed by atoms with van der Waals surface area (Å²) in [6.07, 6.45) is 5.44. The second-order valence-corrected chi connectivity index (χ2v) is 9.97. The predicted octanol–water partition coefficient (Wildman–Crippen LogP) is 5.91. The van der Waals surface area contributed by atoms with Crippen molar-refractivity contribution in [2.45, 2.75) is 65.0 Å². The molecule has 1 heterocycles. The van der Waals surface area contributed by atoms with Crippen molar-refractivity contribution >= 4 is 28.8 Å². The van der Waals surface area contributed by atoms with Gasteiger partial charge in [0.15, 0.2) is 0 Å². The molecule has 2 amide bonds. The largest absolute Gasteiger partial charge is 0.351 e. The minimum Gasteiger partial charge on any atom is -0.351 e. The maximum Gasteiger partial charge on any atom is 0.271 e. The van der Waals surface area contributed by atoms with Crippen molar-refractivity contribution in [3.05, 3.63) is 81.3 Å². The summed E-state index contributed by atoms with van der Waals surface area (Å²) in [7, 11) is 0. The molecule has 1 aliphatic carbocycles. The quantitative estimate of drug-likeness (QED) is 0.497. The molecule has 1 atom stereocenters. The number of amides is 2. The number of rotatable bonds is 6. The molecule has 2 aromatic carbocycles. The first kappa shape index (κ1) is 23.2. The number of thiazole rings is 1. The molecular weight excluding hydrogens is 430 g/mol. The fourth-order valence-corrected chi connectivity index (χ4v) is 5.48. The summed E-state index contributed by atoms with van der Waals surface area (Å²) >= 11 is 1.38. The number of nitrogens with zero attached hydrogens (tertiary/aromatic N) is 2. The van der Waals surface area contributed by atoms with Crippen molar-refractivity contribution < 1.29 is 9.59 Å². The molecule has 1 unspecified atom stereocenters. The van der Waals surface area contributed by atoms with E-state index in [0.29, 0.717) is 10.6 Å². The molecule has 3 aromatic rings. The van der Waals surface area contributed by atoms with Crippen LogP contribution < -0.4 is 10.2 Å². The monoisotopic (exact) mass is 461 g/mol. The first-order chi connectivity index (χ1) is 16.0. The Morgan fingerprint density at radius 3 is 2.27 bits per heavy atom. The van der Waals surface area contributed by atoms with E-state index in [1.165, 1.54) is 17.8 Å². The van der Waals surface area contributed by atoms with Gasteiger partial charge in [-0.25, -0.2) is 4.98 Å². The summed E-state index contributed by atoms with van der Waals surface area (Å²) < 4.78 is 0. The van der Waals surface area contributed by atoms with Crippen molar-refractivity contribution in [3.8, 4) is 0 Å². The number of benzene rings is 2. The highest BCUT2D eigenvalue weighted by Crippen LogP contribution is 2.34. The van der Waals surface area contributed by atoms with Crippen LogP contribution >= 0.6 is 11.3 Å². The Morgan fingerprint density at radius 1 is 0.970 bits per heavy atom. The van der Waals surface area contributed by atoms with Crippen molar-refractivity contribution in [1.29, 1.82) is 0 Å². The van der Waals surface area contributed by atoms with Gasteiger partial charge in [-0.15, -0.1) is 11.3 Å². The molecule has 0 spiro atoms. The smallest absolute Gasteiger partial charge is 0.271 e. The average Bonchev–Trinajstić information content (AvgIpc) is 3.16. The number of carbonyl (C=O) groups is 2. The zero-order chi connectivity index (χ0) is 23.4. The molecule has 0 saturated heterocycles. The van der Waals surface area contributed by atoms with Crippen LogP contribution in [0.2, 0.25) is 0 Å². The lowest BCUT2D eigenvalue weighted by Crippen LogP contribution is -2.47. The van der Waals surface area contributed by atoms with Gasteiger partial charge in [0.05, 0.1) is 10.7 Å². The summed E-state index contributed by atoms with van der Waals surface area (Å²) in [4.78, 5) is 34.6. The number of hydrogen-bond acceptors (Lipinski definition) is 4. The Balaban J connectivity index is 1.82. The Kier molecular flexibility index (Phi) is 7.23. The van der Waals surface area contributed by atoms with Gasteiger partial charge in [-0.3, -0.25) is 14.5 Å². The number of hydrogen-bond donors (Lipinski definition) is 1. The lowest BCUT2D eigenvalue weighted by molar-refractivity contribution is -0.123. The van der Waals surface area contributed by atoms with Gasteiger partial charge < -0.3 is 5.32 Å². The standard InChI is InChI=1S/C27H31N3O2S/c1-18-12-10-11-17-23(18)30(27(32)25-19(2)28-20(3)33-25)24(21-13-6-4-7-14-21)26(31)29-22-15-8-5-9-16-22/h4,6-7,10-14,17,22,24H,5,8-9,15-16H2,1-3H3,(H,29,31). The Bertz CT molecular complexity index is 1120. The van der Waals surface area contributed by atoms with E-state index in [9.17, 15) is 9.59 Å². The minimum atomic E-state index is -0.775. The number of anilines is 1. The fraction of sp³-hybridized carbons (Fsp3) is 0.370. The van der Waals surface area contributed by atoms with Crippen LogP contribution in [-0.2, 0) is 4.79 Å². The van der Waals surface area contributed by atoms with E-state index in [0.717, 1.165) is 47.5 Å². The lowest BCUT2D eigenvalue weighted by Gasteiger charge is -2.34. The van der Waals surface area contributed by atoms with Gasteiger partial charge in [-0.05, 0) is 50.8 Å². The molecule has 0 aliphatic heterocycles. The van der Waals surface area contributed by atoms with Crippen LogP contribution in [0.25, 0.3) is 0 Å². The summed E-state index contributed by atoms with van der Waals surface area (Å²) in [5.74, 6) is -0.330. The number of nitrogens with one attached hydrogen (secondary N) is 1. The fourth-order valence-electron chi connectivity index (χ4n) is 4.62. The van der Waals surface area contributed by atoms with Gasteiger partial charge in [0.1, 0.15) is 10.9 Å². The van der Waals surface area contributed by atoms with Crippen LogP contribution in [0.3, 0.4) is 0 Å². The molecule has 1 aliphatic rings. The lowest BCUT2D eigenvalue weighted by atomic mass is 9.94. The normalized spacial score (nSPS) is 15.1. The number of carbonyl (C=O) groups excluding carboxylic acids is 2. The van der Waals surface area contributed by atoms with Crippen molar-refractivity contribution in [3.63, 3.8) is 0 Å². The van der Waals surface area contributed by atoms with Gasteiger partial charge >= 0.3 is 0 Å². The van der Waals surface area contributed by atoms with E-state index in [1.54, 1.807) is 4.90 Å². The highest BCUT2D eigenvalue weighted by molar-refractivity contribution is 7.13. The predicted molar refractivity (Wildman–Crippen MR) is 134 cm³/mol. The highest BCUT2D eigenvalue weighted by Gasteiger charge is 2.36. The zero-order valence-corrected chi connectivity index (χ0v) is 20.3. The molecule has 1 saturated carbocycles. The SMILES string of the molecule is Cc1nc(C)c(C(=O)N(c2ccccc2C)C(C(=O)NC2CCCCC2)c2ccccc2)s1. The highest BCUT2D eigenvalue weighted by atomic mass is 32.1. The third-order valence-electron chi connectivity index (χ3n) is 6.26. The van der Waals surface area contributed by atoms with Gasteiger partial charge in [0.2, 0.25) is 5.91 Å². The summed E-state index contributed by atoms with van der Waals surface area (Å²) in [5, 5.41) is 4.10. The molecule has 1 aromatic heterocycles. The first-order valence-electron chi connectivity index (χ1n) is 11.6. The third kappa shape index (κ3) is 5.17. The maximum absolute atomic E-state index is 14.1. The Morgan fingerprint density at radius 2 is 1.64 bits per heavy atom. The van der Waals surface area contributed by atoms with Crippen molar-refractivity contribution in [2.24, 2.45) is 0 Å². The van der Waals surface area contributed by atoms with Crippen molar-refractivity contribution in [2.75, 3.05) is 4.90 Å². The number of para-hydroxylation sites is 1. The van der Waals surface area contributed by atoms with Crippen LogP contribution in [0.1, 0.15) is 69.6 Å². The van der Waals surface area contributed by atoms with Gasteiger partial charge in [-0.1, -0.05) is 67.8 Å². The van der Waals surface area contributed by atoms with E-state index in [-0.39, 0.29) is 17.9 Å². The topological polar surface area (TPSA) is 62.3 Å². The van der Waals surface area contributed by atoms with Crippen molar-refractivity contribution in [1.82, 2.24) is 10.3 Å². The second-order valence-electron chi connectivity index (χ2n) is 8.77. The average molecular weight is 462 g/mol. The van der Waals surface area contributed by atoms with E-state index in [1.807, 2.05) is 75.4 Å². The van der Waals surface area contributed by atoms with E-state index >= 15 is 0 Å². The van der Waals surface area contributed by atoms with Crippen LogP contribution in [0.4, 0.5) is 5.69 Å². The van der Waals surface area contributed by atoms with E-state index in [4.69, 9.17) is 0 Å². The molecule has 33 heavy (non-hydrogen) atoms. The number of aromatic nitrogens is 1. The third-order valence-corrected chi connectivity index (χ3v) is 7.33. The van der Waals surface area contributed by atoms with Gasteiger partial charge in [0.25, 0.3) is 5.91 Å². The summed E-state index contributed by atoms with van der Waals surface area (Å²) in [6, 6.07) is 16.7.